The van der Waals surface area contributed by atoms with E-state index >= 15 is 0 Å². The number of amides is 1. The number of hydrogen-bond acceptors (Lipinski definition) is 3. The Morgan fingerprint density at radius 1 is 1.09 bits per heavy atom. The zero-order chi connectivity index (χ0) is 16.8. The van der Waals surface area contributed by atoms with Crippen LogP contribution in [0, 0.1) is 0 Å². The lowest BCUT2D eigenvalue weighted by Crippen LogP contribution is -2.44. The van der Waals surface area contributed by atoms with E-state index in [2.05, 4.69) is 0 Å². The van der Waals surface area contributed by atoms with Crippen LogP contribution < -0.4 is 4.90 Å². The van der Waals surface area contributed by atoms with E-state index in [1.807, 2.05) is 75.3 Å². The van der Waals surface area contributed by atoms with Crippen LogP contribution in [-0.4, -0.2) is 30.0 Å². The van der Waals surface area contributed by atoms with Crippen LogP contribution in [0.25, 0.3) is 0 Å². The van der Waals surface area contributed by atoms with E-state index in [0.717, 1.165) is 11.3 Å². The van der Waals surface area contributed by atoms with Gasteiger partial charge in [0.2, 0.25) is 0 Å². The van der Waals surface area contributed by atoms with Crippen LogP contribution >= 0.6 is 0 Å². The molecule has 0 aliphatic carbocycles. The first-order valence-electron chi connectivity index (χ1n) is 7.72. The standard InChI is InChI=1S/C19H22N2O2/c1-19(2,13-8-6-5-7-9-13)21-17(22)15-11-10-14(20(3)4)12-16(15)18(21)23/h5-12,18,23H,1-4H3. The number of carbonyl (C=O) groups excluding carboxylic acids is 1. The van der Waals surface area contributed by atoms with Gasteiger partial charge >= 0.3 is 0 Å². The predicted octanol–water partition coefficient (Wildman–Crippen LogP) is 3.13. The molecule has 0 aromatic heterocycles. The molecule has 1 amide bonds. The van der Waals surface area contributed by atoms with Crippen LogP contribution in [-0.2, 0) is 5.54 Å². The van der Waals surface area contributed by atoms with E-state index in [-0.39, 0.29) is 5.91 Å². The van der Waals surface area contributed by atoms with E-state index in [0.29, 0.717) is 11.1 Å². The molecule has 1 heterocycles. The quantitative estimate of drug-likeness (QED) is 0.947. The Labute approximate surface area is 137 Å². The Morgan fingerprint density at radius 2 is 1.74 bits per heavy atom. The molecule has 1 N–H and O–H groups in total. The second-order valence-corrected chi connectivity index (χ2v) is 6.64. The van der Waals surface area contributed by atoms with Gasteiger partial charge in [-0.25, -0.2) is 0 Å². The number of aliphatic hydroxyl groups excluding tert-OH is 1. The van der Waals surface area contributed by atoms with Crippen molar-refractivity contribution >= 4 is 11.6 Å². The normalized spacial score (nSPS) is 17.3. The third-order valence-electron chi connectivity index (χ3n) is 4.61. The van der Waals surface area contributed by atoms with Gasteiger partial charge in [0.05, 0.1) is 5.54 Å². The molecule has 0 fully saturated rings. The van der Waals surface area contributed by atoms with Gasteiger partial charge in [-0.1, -0.05) is 30.3 Å². The summed E-state index contributed by atoms with van der Waals surface area (Å²) in [6.07, 6.45) is -0.937. The molecule has 1 aliphatic heterocycles. The predicted molar refractivity (Wildman–Crippen MR) is 91.4 cm³/mol. The highest BCUT2D eigenvalue weighted by Gasteiger charge is 2.44. The fourth-order valence-electron chi connectivity index (χ4n) is 3.16. The average Bonchev–Trinajstić information content (AvgIpc) is 2.79. The first-order chi connectivity index (χ1) is 10.8. The topological polar surface area (TPSA) is 43.8 Å². The highest BCUT2D eigenvalue weighted by molar-refractivity contribution is 6.00. The minimum Gasteiger partial charge on any atom is -0.378 e. The summed E-state index contributed by atoms with van der Waals surface area (Å²) < 4.78 is 0. The number of carbonyl (C=O) groups is 1. The van der Waals surface area contributed by atoms with Crippen LogP contribution in [0.1, 0.15) is 41.6 Å². The molecular weight excluding hydrogens is 288 g/mol. The van der Waals surface area contributed by atoms with Gasteiger partial charge < -0.3 is 10.0 Å². The van der Waals surface area contributed by atoms with Crippen molar-refractivity contribution in [2.45, 2.75) is 25.6 Å². The fraction of sp³-hybridized carbons (Fsp3) is 0.316. The van der Waals surface area contributed by atoms with Gasteiger partial charge in [0, 0.05) is 30.9 Å². The summed E-state index contributed by atoms with van der Waals surface area (Å²) in [7, 11) is 3.88. The lowest BCUT2D eigenvalue weighted by atomic mass is 9.92. The summed E-state index contributed by atoms with van der Waals surface area (Å²) >= 11 is 0. The minimum atomic E-state index is -0.937. The number of nitrogens with zero attached hydrogens (tertiary/aromatic N) is 2. The Balaban J connectivity index is 2.05. The summed E-state index contributed by atoms with van der Waals surface area (Å²) in [5, 5.41) is 10.8. The van der Waals surface area contributed by atoms with Crippen molar-refractivity contribution in [2.24, 2.45) is 0 Å². The van der Waals surface area contributed by atoms with Crippen LogP contribution in [0.2, 0.25) is 0 Å². The number of rotatable bonds is 3. The van der Waals surface area contributed by atoms with Crippen molar-refractivity contribution in [3.8, 4) is 0 Å². The molecule has 0 spiro atoms. The molecule has 1 unspecified atom stereocenters. The molecule has 2 aromatic carbocycles. The van der Waals surface area contributed by atoms with Gasteiger partial charge in [-0.05, 0) is 37.6 Å². The first kappa shape index (κ1) is 15.6. The van der Waals surface area contributed by atoms with Gasteiger partial charge in [0.1, 0.15) is 0 Å². The summed E-state index contributed by atoms with van der Waals surface area (Å²) in [6.45, 7) is 3.92. The van der Waals surface area contributed by atoms with Gasteiger partial charge in [0.25, 0.3) is 5.91 Å². The molecule has 4 nitrogen and oxygen atoms in total. The zero-order valence-corrected chi connectivity index (χ0v) is 13.9. The number of aliphatic hydroxyl groups is 1. The van der Waals surface area contributed by atoms with Gasteiger partial charge in [0.15, 0.2) is 6.23 Å². The van der Waals surface area contributed by atoms with Gasteiger partial charge in [-0.3, -0.25) is 9.69 Å². The fourth-order valence-corrected chi connectivity index (χ4v) is 3.16. The summed E-state index contributed by atoms with van der Waals surface area (Å²) in [4.78, 5) is 16.4. The second-order valence-electron chi connectivity index (χ2n) is 6.64. The lowest BCUT2D eigenvalue weighted by molar-refractivity contribution is -0.0304. The SMILES string of the molecule is CN(C)c1ccc2c(c1)C(O)N(C(C)(C)c1ccccc1)C2=O. The monoisotopic (exact) mass is 310 g/mol. The molecule has 23 heavy (non-hydrogen) atoms. The number of fused-ring (bicyclic) bond motifs is 1. The van der Waals surface area contributed by atoms with E-state index < -0.39 is 11.8 Å². The number of benzene rings is 2. The van der Waals surface area contributed by atoms with Crippen molar-refractivity contribution in [3.63, 3.8) is 0 Å². The lowest BCUT2D eigenvalue weighted by Gasteiger charge is -2.38. The third-order valence-corrected chi connectivity index (χ3v) is 4.61. The Kier molecular flexibility index (Phi) is 3.65. The van der Waals surface area contributed by atoms with Crippen LogP contribution in [0.15, 0.2) is 48.5 Å². The van der Waals surface area contributed by atoms with Gasteiger partial charge in [-0.15, -0.1) is 0 Å². The third kappa shape index (κ3) is 2.39. The van der Waals surface area contributed by atoms with Crippen molar-refractivity contribution in [1.82, 2.24) is 4.90 Å². The number of anilines is 1. The first-order valence-corrected chi connectivity index (χ1v) is 7.72. The molecule has 120 valence electrons. The molecule has 0 saturated heterocycles. The Bertz CT molecular complexity index is 738. The summed E-state index contributed by atoms with van der Waals surface area (Å²) in [5.74, 6) is -0.133. The van der Waals surface area contributed by atoms with Gasteiger partial charge in [-0.2, -0.15) is 0 Å². The van der Waals surface area contributed by atoms with Crippen molar-refractivity contribution in [1.29, 1.82) is 0 Å². The van der Waals surface area contributed by atoms with Crippen molar-refractivity contribution in [3.05, 3.63) is 65.2 Å². The van der Waals surface area contributed by atoms with E-state index in [1.165, 1.54) is 0 Å². The Hall–Kier alpha value is -2.33. The van der Waals surface area contributed by atoms with E-state index in [4.69, 9.17) is 0 Å². The highest BCUT2D eigenvalue weighted by Crippen LogP contribution is 2.42. The Morgan fingerprint density at radius 3 is 2.35 bits per heavy atom. The molecule has 0 bridgehead atoms. The van der Waals surface area contributed by atoms with Crippen molar-refractivity contribution < 1.29 is 9.90 Å². The molecule has 0 saturated carbocycles. The molecule has 2 aromatic rings. The second kappa shape index (κ2) is 5.39. The zero-order valence-electron chi connectivity index (χ0n) is 13.9. The largest absolute Gasteiger partial charge is 0.378 e. The van der Waals surface area contributed by atoms with Crippen molar-refractivity contribution in [2.75, 3.05) is 19.0 Å². The summed E-state index contributed by atoms with van der Waals surface area (Å²) in [5.41, 5.74) is 2.61. The number of hydrogen-bond donors (Lipinski definition) is 1. The van der Waals surface area contributed by atoms with Crippen LogP contribution in [0.4, 0.5) is 5.69 Å². The highest BCUT2D eigenvalue weighted by atomic mass is 16.3. The maximum absolute atomic E-state index is 12.9. The van der Waals surface area contributed by atoms with Crippen LogP contribution in [0.5, 0.6) is 0 Å². The molecular formula is C19H22N2O2. The molecule has 4 heteroatoms. The van der Waals surface area contributed by atoms with E-state index in [1.54, 1.807) is 11.0 Å². The summed E-state index contributed by atoms with van der Waals surface area (Å²) in [6, 6.07) is 15.4. The molecule has 0 radical (unpaired) electrons. The maximum atomic E-state index is 12.9. The molecule has 1 atom stereocenters. The maximum Gasteiger partial charge on any atom is 0.257 e. The molecule has 1 aliphatic rings. The smallest absolute Gasteiger partial charge is 0.257 e. The van der Waals surface area contributed by atoms with Crippen LogP contribution in [0.3, 0.4) is 0 Å². The van der Waals surface area contributed by atoms with E-state index in [9.17, 15) is 9.90 Å². The average molecular weight is 310 g/mol. The molecule has 3 rings (SSSR count). The minimum absolute atomic E-state index is 0.133.